The van der Waals surface area contributed by atoms with Gasteiger partial charge in [0, 0.05) is 0 Å². The molecule has 0 saturated carbocycles. The van der Waals surface area contributed by atoms with Gasteiger partial charge in [-0.1, -0.05) is 42.5 Å². The molecule has 0 fully saturated rings. The SMILES string of the molecule is O=C(Oc1ccc2ccccc2c1)c1ccccc1OS(=O)(=O)c1ccc(F)cc1. The fourth-order valence-electron chi connectivity index (χ4n) is 2.87. The van der Waals surface area contributed by atoms with E-state index in [1.807, 2.05) is 30.3 Å². The maximum Gasteiger partial charge on any atom is 0.347 e. The van der Waals surface area contributed by atoms with E-state index in [2.05, 4.69) is 0 Å². The minimum absolute atomic E-state index is 0.0589. The lowest BCUT2D eigenvalue weighted by molar-refractivity contribution is 0.0733. The van der Waals surface area contributed by atoms with E-state index in [4.69, 9.17) is 8.92 Å². The van der Waals surface area contributed by atoms with E-state index in [-0.39, 0.29) is 16.2 Å². The minimum Gasteiger partial charge on any atom is -0.423 e. The Bertz CT molecular complexity index is 1330. The van der Waals surface area contributed by atoms with Gasteiger partial charge in [-0.2, -0.15) is 8.42 Å². The Kier molecular flexibility index (Phi) is 5.20. The van der Waals surface area contributed by atoms with Crippen LogP contribution in [0.2, 0.25) is 0 Å². The van der Waals surface area contributed by atoms with Crippen LogP contribution in [0, 0.1) is 5.82 Å². The fourth-order valence-corrected chi connectivity index (χ4v) is 3.82. The smallest absolute Gasteiger partial charge is 0.347 e. The predicted molar refractivity (Wildman–Crippen MR) is 110 cm³/mol. The lowest BCUT2D eigenvalue weighted by atomic mass is 10.1. The number of hydrogen-bond donors (Lipinski definition) is 0. The molecule has 30 heavy (non-hydrogen) atoms. The van der Waals surface area contributed by atoms with Crippen molar-refractivity contribution < 1.29 is 26.5 Å². The summed E-state index contributed by atoms with van der Waals surface area (Å²) in [5.74, 6) is -1.22. The Hall–Kier alpha value is -3.71. The first-order valence-electron chi connectivity index (χ1n) is 8.92. The number of rotatable bonds is 5. The summed E-state index contributed by atoms with van der Waals surface area (Å²) in [4.78, 5) is 12.5. The van der Waals surface area contributed by atoms with E-state index in [0.717, 1.165) is 35.0 Å². The number of carbonyl (C=O) groups excluding carboxylic acids is 1. The van der Waals surface area contributed by atoms with Crippen molar-refractivity contribution >= 4 is 26.9 Å². The Morgan fingerprint density at radius 2 is 1.43 bits per heavy atom. The third kappa shape index (κ3) is 4.16. The van der Waals surface area contributed by atoms with Crippen LogP contribution >= 0.6 is 0 Å². The number of halogens is 1. The Morgan fingerprint density at radius 3 is 2.20 bits per heavy atom. The molecule has 0 spiro atoms. The van der Waals surface area contributed by atoms with Crippen molar-refractivity contribution in [2.24, 2.45) is 0 Å². The molecule has 0 N–H and O–H groups in total. The molecule has 0 saturated heterocycles. The molecule has 0 bridgehead atoms. The van der Waals surface area contributed by atoms with Crippen molar-refractivity contribution in [3.8, 4) is 11.5 Å². The first-order valence-corrected chi connectivity index (χ1v) is 10.3. The minimum atomic E-state index is -4.26. The van der Waals surface area contributed by atoms with Gasteiger partial charge >= 0.3 is 16.1 Å². The van der Waals surface area contributed by atoms with Gasteiger partial charge < -0.3 is 8.92 Å². The summed E-state index contributed by atoms with van der Waals surface area (Å²) < 4.78 is 48.6. The molecule has 150 valence electrons. The summed E-state index contributed by atoms with van der Waals surface area (Å²) in [5.41, 5.74) is -0.0589. The van der Waals surface area contributed by atoms with Crippen molar-refractivity contribution in [3.63, 3.8) is 0 Å². The fraction of sp³-hybridized carbons (Fsp3) is 0. The lowest BCUT2D eigenvalue weighted by Gasteiger charge is -2.11. The number of ether oxygens (including phenoxy) is 1. The molecular formula is C23H15FO5S. The molecule has 0 amide bonds. The molecule has 0 atom stereocenters. The first kappa shape index (κ1) is 19.6. The molecule has 4 aromatic rings. The van der Waals surface area contributed by atoms with Gasteiger partial charge in [0.25, 0.3) is 0 Å². The summed E-state index contributed by atoms with van der Waals surface area (Å²) in [6.07, 6.45) is 0. The van der Waals surface area contributed by atoms with Gasteiger partial charge in [-0.05, 0) is 59.3 Å². The molecule has 0 aliphatic heterocycles. The second-order valence-corrected chi connectivity index (χ2v) is 7.93. The summed E-state index contributed by atoms with van der Waals surface area (Å²) in [6.45, 7) is 0. The zero-order valence-electron chi connectivity index (χ0n) is 15.5. The van der Waals surface area contributed by atoms with Crippen LogP contribution in [0.15, 0.2) is 95.9 Å². The Labute approximate surface area is 172 Å². The lowest BCUT2D eigenvalue weighted by Crippen LogP contribution is -2.15. The average Bonchev–Trinajstić information content (AvgIpc) is 2.74. The van der Waals surface area contributed by atoms with Crippen LogP contribution in [0.1, 0.15) is 10.4 Å². The maximum atomic E-state index is 13.1. The second kappa shape index (κ2) is 7.96. The van der Waals surface area contributed by atoms with Gasteiger partial charge in [-0.15, -0.1) is 0 Å². The highest BCUT2D eigenvalue weighted by atomic mass is 32.2. The third-order valence-electron chi connectivity index (χ3n) is 4.34. The van der Waals surface area contributed by atoms with Crippen molar-refractivity contribution in [2.45, 2.75) is 4.90 Å². The van der Waals surface area contributed by atoms with Crippen LogP contribution in [0.3, 0.4) is 0 Å². The summed E-state index contributed by atoms with van der Waals surface area (Å²) >= 11 is 0. The molecule has 0 radical (unpaired) electrons. The number of carbonyl (C=O) groups is 1. The van der Waals surface area contributed by atoms with Gasteiger partial charge in [0.2, 0.25) is 0 Å². The van der Waals surface area contributed by atoms with Crippen molar-refractivity contribution in [3.05, 3.63) is 102 Å². The number of hydrogen-bond acceptors (Lipinski definition) is 5. The molecule has 5 nitrogen and oxygen atoms in total. The molecule has 0 heterocycles. The van der Waals surface area contributed by atoms with Gasteiger partial charge in [0.15, 0.2) is 5.75 Å². The van der Waals surface area contributed by atoms with E-state index in [9.17, 15) is 17.6 Å². The van der Waals surface area contributed by atoms with Gasteiger partial charge in [0.05, 0.1) is 0 Å². The molecule has 7 heteroatoms. The zero-order chi connectivity index (χ0) is 21.1. The number of benzene rings is 4. The molecule has 4 aromatic carbocycles. The monoisotopic (exact) mass is 422 g/mol. The van der Waals surface area contributed by atoms with Crippen molar-refractivity contribution in [1.82, 2.24) is 0 Å². The molecule has 0 aliphatic rings. The van der Waals surface area contributed by atoms with E-state index in [0.29, 0.717) is 5.75 Å². The highest BCUT2D eigenvalue weighted by Crippen LogP contribution is 2.26. The third-order valence-corrected chi connectivity index (χ3v) is 5.59. The largest absolute Gasteiger partial charge is 0.423 e. The highest BCUT2D eigenvalue weighted by Gasteiger charge is 2.22. The highest BCUT2D eigenvalue weighted by molar-refractivity contribution is 7.87. The number of esters is 1. The number of fused-ring (bicyclic) bond motifs is 1. The summed E-state index contributed by atoms with van der Waals surface area (Å²) in [5, 5.41) is 1.89. The van der Waals surface area contributed by atoms with Crippen molar-refractivity contribution in [1.29, 1.82) is 0 Å². The van der Waals surface area contributed by atoms with Gasteiger partial charge in [-0.3, -0.25) is 0 Å². The summed E-state index contributed by atoms with van der Waals surface area (Å²) in [6, 6.07) is 22.8. The first-order chi connectivity index (χ1) is 14.4. The van der Waals surface area contributed by atoms with Crippen LogP contribution in [0.5, 0.6) is 11.5 Å². The van der Waals surface area contributed by atoms with E-state index in [1.54, 1.807) is 18.2 Å². The van der Waals surface area contributed by atoms with Crippen LogP contribution in [-0.4, -0.2) is 14.4 Å². The van der Waals surface area contributed by atoms with E-state index in [1.165, 1.54) is 18.2 Å². The van der Waals surface area contributed by atoms with Crippen LogP contribution in [0.25, 0.3) is 10.8 Å². The molecule has 4 rings (SSSR count). The van der Waals surface area contributed by atoms with Crippen LogP contribution in [-0.2, 0) is 10.1 Å². The zero-order valence-corrected chi connectivity index (χ0v) is 16.3. The van der Waals surface area contributed by atoms with Gasteiger partial charge in [-0.25, -0.2) is 9.18 Å². The van der Waals surface area contributed by atoms with Crippen LogP contribution < -0.4 is 8.92 Å². The summed E-state index contributed by atoms with van der Waals surface area (Å²) in [7, 11) is -4.26. The van der Waals surface area contributed by atoms with E-state index >= 15 is 0 Å². The maximum absolute atomic E-state index is 13.1. The molecular weight excluding hydrogens is 407 g/mol. The Balaban J connectivity index is 1.60. The molecule has 0 unspecified atom stereocenters. The van der Waals surface area contributed by atoms with Crippen molar-refractivity contribution in [2.75, 3.05) is 0 Å². The average molecular weight is 422 g/mol. The molecule has 0 aromatic heterocycles. The number of para-hydroxylation sites is 1. The van der Waals surface area contributed by atoms with E-state index < -0.39 is 21.9 Å². The Morgan fingerprint density at radius 1 is 0.767 bits per heavy atom. The second-order valence-electron chi connectivity index (χ2n) is 6.39. The molecule has 0 aliphatic carbocycles. The van der Waals surface area contributed by atoms with Crippen LogP contribution in [0.4, 0.5) is 4.39 Å². The quantitative estimate of drug-likeness (QED) is 0.258. The topological polar surface area (TPSA) is 69.7 Å². The normalized spacial score (nSPS) is 11.2. The standard InChI is InChI=1S/C23H15FO5S/c24-18-10-13-20(14-11-18)30(26,27)29-22-8-4-3-7-21(22)23(25)28-19-12-9-16-5-1-2-6-17(16)15-19/h1-15H. The van der Waals surface area contributed by atoms with Gasteiger partial charge in [0.1, 0.15) is 22.0 Å². The predicted octanol–water partition coefficient (Wildman–Crippen LogP) is 4.97.